The van der Waals surface area contributed by atoms with Gasteiger partial charge in [0.15, 0.2) is 0 Å². The van der Waals surface area contributed by atoms with Crippen molar-refractivity contribution in [1.29, 1.82) is 0 Å². The Morgan fingerprint density at radius 3 is 2.88 bits per heavy atom. The van der Waals surface area contributed by atoms with Crippen molar-refractivity contribution in [2.24, 2.45) is 5.73 Å². The third-order valence-electron chi connectivity index (χ3n) is 2.46. The molecule has 84 valence electrons. The van der Waals surface area contributed by atoms with E-state index in [1.54, 1.807) is 0 Å². The molecule has 0 aliphatic heterocycles. The summed E-state index contributed by atoms with van der Waals surface area (Å²) in [5.41, 5.74) is 8.97. The van der Waals surface area contributed by atoms with Crippen molar-refractivity contribution in [3.8, 4) is 11.3 Å². The summed E-state index contributed by atoms with van der Waals surface area (Å²) in [7, 11) is 0. The Morgan fingerprint density at radius 2 is 2.19 bits per heavy atom. The highest BCUT2D eigenvalue weighted by molar-refractivity contribution is 7.10. The summed E-state index contributed by atoms with van der Waals surface area (Å²) in [6, 6.07) is 7.72. The fourth-order valence-corrected chi connectivity index (χ4v) is 2.33. The minimum atomic E-state index is -0.372. The van der Waals surface area contributed by atoms with Gasteiger partial charge in [0.1, 0.15) is 5.01 Å². The third-order valence-corrected chi connectivity index (χ3v) is 3.43. The second kappa shape index (κ2) is 4.74. The van der Waals surface area contributed by atoms with E-state index in [-0.39, 0.29) is 12.6 Å². The van der Waals surface area contributed by atoms with Crippen LogP contribution in [0.1, 0.15) is 16.6 Å². The van der Waals surface area contributed by atoms with Gasteiger partial charge in [-0.1, -0.05) is 24.3 Å². The molecular formula is C12H14N2OS. The summed E-state index contributed by atoms with van der Waals surface area (Å²) in [5, 5.41) is 11.7. The van der Waals surface area contributed by atoms with Crippen LogP contribution in [0.15, 0.2) is 29.6 Å². The summed E-state index contributed by atoms with van der Waals surface area (Å²) in [5.74, 6) is 0. The fourth-order valence-electron chi connectivity index (χ4n) is 1.52. The molecule has 4 heteroatoms. The lowest BCUT2D eigenvalue weighted by Gasteiger charge is -2.03. The number of benzene rings is 1. The van der Waals surface area contributed by atoms with E-state index in [0.717, 1.165) is 16.3 Å². The minimum absolute atomic E-state index is 0.0687. The number of hydrogen-bond donors (Lipinski definition) is 2. The van der Waals surface area contributed by atoms with E-state index >= 15 is 0 Å². The van der Waals surface area contributed by atoms with Gasteiger partial charge in [0.25, 0.3) is 0 Å². The van der Waals surface area contributed by atoms with Crippen LogP contribution < -0.4 is 5.73 Å². The largest absolute Gasteiger partial charge is 0.394 e. The summed E-state index contributed by atoms with van der Waals surface area (Å²) in [6.45, 7) is 1.99. The Bertz CT molecular complexity index is 481. The molecule has 3 nitrogen and oxygen atoms in total. The van der Waals surface area contributed by atoms with Crippen LogP contribution in [0.2, 0.25) is 0 Å². The number of thiazole rings is 1. The van der Waals surface area contributed by atoms with Crippen molar-refractivity contribution in [1.82, 2.24) is 4.98 Å². The first kappa shape index (κ1) is 11.3. The molecule has 2 aromatic rings. The molecule has 0 saturated heterocycles. The topological polar surface area (TPSA) is 59.1 Å². The average Bonchev–Trinajstić information content (AvgIpc) is 2.78. The van der Waals surface area contributed by atoms with Gasteiger partial charge in [-0.2, -0.15) is 0 Å². The predicted octanol–water partition coefficient (Wildman–Crippen LogP) is 2.11. The SMILES string of the molecule is Cc1ccccc1-c1csc(C(N)CO)n1. The van der Waals surface area contributed by atoms with Crippen molar-refractivity contribution in [3.63, 3.8) is 0 Å². The Kier molecular flexibility index (Phi) is 3.33. The molecule has 2 rings (SSSR count). The molecule has 0 radical (unpaired) electrons. The molecule has 3 N–H and O–H groups in total. The molecule has 0 fully saturated rings. The average molecular weight is 234 g/mol. The first-order valence-corrected chi connectivity index (χ1v) is 5.98. The van der Waals surface area contributed by atoms with Gasteiger partial charge < -0.3 is 10.8 Å². The van der Waals surface area contributed by atoms with Gasteiger partial charge in [-0.3, -0.25) is 0 Å². The van der Waals surface area contributed by atoms with E-state index in [0.29, 0.717) is 0 Å². The second-order valence-electron chi connectivity index (χ2n) is 3.67. The highest BCUT2D eigenvalue weighted by Gasteiger charge is 2.11. The van der Waals surface area contributed by atoms with E-state index in [4.69, 9.17) is 10.8 Å². The Morgan fingerprint density at radius 1 is 1.44 bits per heavy atom. The minimum Gasteiger partial charge on any atom is -0.394 e. The maximum absolute atomic E-state index is 8.96. The van der Waals surface area contributed by atoms with E-state index in [2.05, 4.69) is 18.0 Å². The van der Waals surface area contributed by atoms with Crippen molar-refractivity contribution in [3.05, 3.63) is 40.2 Å². The second-order valence-corrected chi connectivity index (χ2v) is 4.56. The first-order valence-electron chi connectivity index (χ1n) is 5.10. The van der Waals surface area contributed by atoms with Crippen LogP contribution >= 0.6 is 11.3 Å². The number of aromatic nitrogens is 1. The lowest BCUT2D eigenvalue weighted by molar-refractivity contribution is 0.268. The lowest BCUT2D eigenvalue weighted by atomic mass is 10.1. The van der Waals surface area contributed by atoms with Gasteiger partial charge in [0.2, 0.25) is 0 Å². The first-order chi connectivity index (χ1) is 7.72. The molecule has 1 heterocycles. The number of nitrogens with zero attached hydrogens (tertiary/aromatic N) is 1. The zero-order chi connectivity index (χ0) is 11.5. The van der Waals surface area contributed by atoms with Gasteiger partial charge in [0.05, 0.1) is 18.3 Å². The molecule has 1 unspecified atom stereocenters. The third kappa shape index (κ3) is 2.14. The molecule has 0 spiro atoms. The van der Waals surface area contributed by atoms with Gasteiger partial charge in [-0.25, -0.2) is 4.98 Å². The van der Waals surface area contributed by atoms with E-state index < -0.39 is 0 Å². The molecular weight excluding hydrogens is 220 g/mol. The quantitative estimate of drug-likeness (QED) is 0.855. The van der Waals surface area contributed by atoms with Crippen LogP contribution in [0.5, 0.6) is 0 Å². The van der Waals surface area contributed by atoms with Crippen LogP contribution in [-0.2, 0) is 0 Å². The molecule has 0 aliphatic rings. The Hall–Kier alpha value is -1.23. The molecule has 0 bridgehead atoms. The summed E-state index contributed by atoms with van der Waals surface area (Å²) >= 11 is 1.49. The lowest BCUT2D eigenvalue weighted by Crippen LogP contribution is -2.13. The zero-order valence-electron chi connectivity index (χ0n) is 9.05. The van der Waals surface area contributed by atoms with Gasteiger partial charge in [-0.05, 0) is 12.5 Å². The molecule has 1 atom stereocenters. The summed E-state index contributed by atoms with van der Waals surface area (Å²) in [4.78, 5) is 4.45. The number of rotatable bonds is 3. The highest BCUT2D eigenvalue weighted by atomic mass is 32.1. The molecule has 0 amide bonds. The zero-order valence-corrected chi connectivity index (χ0v) is 9.87. The predicted molar refractivity (Wildman–Crippen MR) is 66.3 cm³/mol. The highest BCUT2D eigenvalue weighted by Crippen LogP contribution is 2.26. The summed E-state index contributed by atoms with van der Waals surface area (Å²) in [6.07, 6.45) is 0. The molecule has 1 aromatic heterocycles. The number of aliphatic hydroxyl groups is 1. The van der Waals surface area contributed by atoms with Gasteiger partial charge >= 0.3 is 0 Å². The normalized spacial score (nSPS) is 12.7. The number of nitrogens with two attached hydrogens (primary N) is 1. The molecule has 1 aromatic carbocycles. The van der Waals surface area contributed by atoms with Crippen LogP contribution in [0, 0.1) is 6.92 Å². The Balaban J connectivity index is 2.35. The number of aliphatic hydroxyl groups excluding tert-OH is 1. The summed E-state index contributed by atoms with van der Waals surface area (Å²) < 4.78 is 0. The van der Waals surface area contributed by atoms with Crippen LogP contribution in [0.25, 0.3) is 11.3 Å². The monoisotopic (exact) mass is 234 g/mol. The molecule has 0 saturated carbocycles. The van der Waals surface area contributed by atoms with Crippen LogP contribution in [0.3, 0.4) is 0 Å². The maximum atomic E-state index is 8.96. The smallest absolute Gasteiger partial charge is 0.112 e. The van der Waals surface area contributed by atoms with Crippen molar-refractivity contribution in [2.45, 2.75) is 13.0 Å². The van der Waals surface area contributed by atoms with Crippen molar-refractivity contribution < 1.29 is 5.11 Å². The van der Waals surface area contributed by atoms with Crippen molar-refractivity contribution in [2.75, 3.05) is 6.61 Å². The van der Waals surface area contributed by atoms with Crippen molar-refractivity contribution >= 4 is 11.3 Å². The maximum Gasteiger partial charge on any atom is 0.112 e. The molecule has 16 heavy (non-hydrogen) atoms. The number of aryl methyl sites for hydroxylation is 1. The van der Waals surface area contributed by atoms with E-state index in [1.165, 1.54) is 16.9 Å². The van der Waals surface area contributed by atoms with Crippen LogP contribution in [-0.4, -0.2) is 16.7 Å². The van der Waals surface area contributed by atoms with Gasteiger partial charge in [-0.15, -0.1) is 11.3 Å². The van der Waals surface area contributed by atoms with E-state index in [1.807, 2.05) is 23.6 Å². The van der Waals surface area contributed by atoms with E-state index in [9.17, 15) is 0 Å². The van der Waals surface area contributed by atoms with Crippen LogP contribution in [0.4, 0.5) is 0 Å². The van der Waals surface area contributed by atoms with Gasteiger partial charge in [0, 0.05) is 10.9 Å². The number of hydrogen-bond acceptors (Lipinski definition) is 4. The molecule has 0 aliphatic carbocycles. The standard InChI is InChI=1S/C12H14N2OS/c1-8-4-2-3-5-9(8)11-7-16-12(14-11)10(13)6-15/h2-5,7,10,15H,6,13H2,1H3. The Labute approximate surface area is 98.6 Å². The fraction of sp³-hybridized carbons (Fsp3) is 0.250.